The van der Waals surface area contributed by atoms with E-state index in [1.807, 2.05) is 11.8 Å². The summed E-state index contributed by atoms with van der Waals surface area (Å²) < 4.78 is 5.61. The Labute approximate surface area is 103 Å². The van der Waals surface area contributed by atoms with Crippen molar-refractivity contribution in [1.82, 2.24) is 4.90 Å². The SMILES string of the molecule is CC(N)C1CCN(C(=O)CC2CCCCO2)C1. The van der Waals surface area contributed by atoms with Crippen molar-refractivity contribution in [2.24, 2.45) is 11.7 Å². The zero-order chi connectivity index (χ0) is 12.3. The maximum Gasteiger partial charge on any atom is 0.225 e. The minimum Gasteiger partial charge on any atom is -0.378 e. The molecule has 0 radical (unpaired) electrons. The molecule has 0 saturated carbocycles. The Morgan fingerprint density at radius 2 is 2.29 bits per heavy atom. The molecule has 0 aliphatic carbocycles. The van der Waals surface area contributed by atoms with Crippen LogP contribution in [0, 0.1) is 5.92 Å². The van der Waals surface area contributed by atoms with Gasteiger partial charge in [0.25, 0.3) is 0 Å². The summed E-state index contributed by atoms with van der Waals surface area (Å²) in [5.41, 5.74) is 5.88. The molecule has 0 spiro atoms. The molecule has 0 aromatic heterocycles. The van der Waals surface area contributed by atoms with Crippen LogP contribution in [0.4, 0.5) is 0 Å². The minimum absolute atomic E-state index is 0.158. The van der Waals surface area contributed by atoms with Crippen molar-refractivity contribution in [3.8, 4) is 0 Å². The summed E-state index contributed by atoms with van der Waals surface area (Å²) in [6, 6.07) is 0.193. The third-order valence-electron chi connectivity index (χ3n) is 4.00. The van der Waals surface area contributed by atoms with E-state index in [-0.39, 0.29) is 18.1 Å². The van der Waals surface area contributed by atoms with Crippen LogP contribution in [0.25, 0.3) is 0 Å². The maximum absolute atomic E-state index is 12.1. The fourth-order valence-electron chi connectivity index (χ4n) is 2.74. The summed E-state index contributed by atoms with van der Waals surface area (Å²) in [6.45, 7) is 4.56. The van der Waals surface area contributed by atoms with Crippen LogP contribution in [0.3, 0.4) is 0 Å². The molecule has 2 fully saturated rings. The van der Waals surface area contributed by atoms with Gasteiger partial charge in [-0.2, -0.15) is 0 Å². The summed E-state index contributed by atoms with van der Waals surface area (Å²) in [6.07, 6.45) is 5.14. The van der Waals surface area contributed by atoms with Crippen LogP contribution >= 0.6 is 0 Å². The van der Waals surface area contributed by atoms with Crippen molar-refractivity contribution in [3.05, 3.63) is 0 Å². The van der Waals surface area contributed by atoms with Crippen molar-refractivity contribution in [1.29, 1.82) is 0 Å². The molecule has 1 amide bonds. The standard InChI is InChI=1S/C13H24N2O2/c1-10(14)11-5-6-15(9-11)13(16)8-12-4-2-3-7-17-12/h10-12H,2-9,14H2,1H3. The number of hydrogen-bond donors (Lipinski definition) is 1. The number of nitrogens with zero attached hydrogens (tertiary/aromatic N) is 1. The predicted octanol–water partition coefficient (Wildman–Crippen LogP) is 1.14. The molecule has 2 saturated heterocycles. The minimum atomic E-state index is 0.158. The Hall–Kier alpha value is -0.610. The fourth-order valence-corrected chi connectivity index (χ4v) is 2.74. The summed E-state index contributed by atoms with van der Waals surface area (Å²) >= 11 is 0. The number of carbonyl (C=O) groups excluding carboxylic acids is 1. The van der Waals surface area contributed by atoms with Crippen LogP contribution in [-0.2, 0) is 9.53 Å². The molecule has 2 aliphatic heterocycles. The first-order valence-corrected chi connectivity index (χ1v) is 6.82. The zero-order valence-electron chi connectivity index (χ0n) is 10.7. The van der Waals surface area contributed by atoms with Gasteiger partial charge in [0.1, 0.15) is 0 Å². The topological polar surface area (TPSA) is 55.6 Å². The lowest BCUT2D eigenvalue weighted by molar-refractivity contribution is -0.134. The van der Waals surface area contributed by atoms with Gasteiger partial charge < -0.3 is 15.4 Å². The van der Waals surface area contributed by atoms with Gasteiger partial charge in [-0.15, -0.1) is 0 Å². The number of carbonyl (C=O) groups is 1. The predicted molar refractivity (Wildman–Crippen MR) is 66.5 cm³/mol. The molecule has 3 atom stereocenters. The average Bonchev–Trinajstić information content (AvgIpc) is 2.79. The largest absolute Gasteiger partial charge is 0.378 e. The highest BCUT2D eigenvalue weighted by Crippen LogP contribution is 2.22. The quantitative estimate of drug-likeness (QED) is 0.805. The van der Waals surface area contributed by atoms with Crippen molar-refractivity contribution in [2.75, 3.05) is 19.7 Å². The number of ether oxygens (including phenoxy) is 1. The van der Waals surface area contributed by atoms with Gasteiger partial charge in [0, 0.05) is 25.7 Å². The number of hydrogen-bond acceptors (Lipinski definition) is 3. The van der Waals surface area contributed by atoms with Crippen molar-refractivity contribution in [2.45, 2.75) is 51.2 Å². The van der Waals surface area contributed by atoms with Crippen LogP contribution in [0.5, 0.6) is 0 Å². The van der Waals surface area contributed by atoms with E-state index < -0.39 is 0 Å². The van der Waals surface area contributed by atoms with Gasteiger partial charge in [-0.1, -0.05) is 0 Å². The Morgan fingerprint density at radius 3 is 2.88 bits per heavy atom. The second-order valence-corrected chi connectivity index (χ2v) is 5.44. The normalized spacial score (nSPS) is 31.5. The highest BCUT2D eigenvalue weighted by atomic mass is 16.5. The smallest absolute Gasteiger partial charge is 0.225 e. The second-order valence-electron chi connectivity index (χ2n) is 5.44. The molecule has 0 aromatic rings. The first kappa shape index (κ1) is 12.8. The first-order valence-electron chi connectivity index (χ1n) is 6.82. The number of likely N-dealkylation sites (tertiary alicyclic amines) is 1. The third-order valence-corrected chi connectivity index (χ3v) is 4.00. The molecule has 4 nitrogen and oxygen atoms in total. The zero-order valence-corrected chi connectivity index (χ0v) is 10.7. The van der Waals surface area contributed by atoms with E-state index in [4.69, 9.17) is 10.5 Å². The third kappa shape index (κ3) is 3.42. The van der Waals surface area contributed by atoms with E-state index >= 15 is 0 Å². The van der Waals surface area contributed by atoms with Crippen molar-refractivity contribution in [3.63, 3.8) is 0 Å². The monoisotopic (exact) mass is 240 g/mol. The van der Waals surface area contributed by atoms with Crippen LogP contribution in [0.1, 0.15) is 39.0 Å². The molecular formula is C13H24N2O2. The molecular weight excluding hydrogens is 216 g/mol. The molecule has 4 heteroatoms. The van der Waals surface area contributed by atoms with Crippen LogP contribution in [-0.4, -0.2) is 42.6 Å². The average molecular weight is 240 g/mol. The number of nitrogens with two attached hydrogens (primary N) is 1. The fraction of sp³-hybridized carbons (Fsp3) is 0.923. The Morgan fingerprint density at radius 1 is 1.47 bits per heavy atom. The van der Waals surface area contributed by atoms with Crippen molar-refractivity contribution >= 4 is 5.91 Å². The summed E-state index contributed by atoms with van der Waals surface area (Å²) in [5, 5.41) is 0. The van der Waals surface area contributed by atoms with E-state index in [0.29, 0.717) is 12.3 Å². The van der Waals surface area contributed by atoms with Crippen molar-refractivity contribution < 1.29 is 9.53 Å². The molecule has 17 heavy (non-hydrogen) atoms. The van der Waals surface area contributed by atoms with E-state index in [9.17, 15) is 4.79 Å². The van der Waals surface area contributed by atoms with Gasteiger partial charge in [-0.3, -0.25) is 4.79 Å². The van der Waals surface area contributed by atoms with Gasteiger partial charge in [-0.25, -0.2) is 0 Å². The number of rotatable bonds is 3. The first-order chi connectivity index (χ1) is 8.16. The molecule has 2 aliphatic rings. The van der Waals surface area contributed by atoms with Gasteiger partial charge >= 0.3 is 0 Å². The van der Waals surface area contributed by atoms with Crippen LogP contribution in [0.15, 0.2) is 0 Å². The lowest BCUT2D eigenvalue weighted by atomic mass is 10.0. The Balaban J connectivity index is 1.76. The summed E-state index contributed by atoms with van der Waals surface area (Å²) in [4.78, 5) is 14.1. The highest BCUT2D eigenvalue weighted by Gasteiger charge is 2.29. The van der Waals surface area contributed by atoms with Crippen LogP contribution < -0.4 is 5.73 Å². The lowest BCUT2D eigenvalue weighted by Crippen LogP contribution is -2.35. The maximum atomic E-state index is 12.1. The van der Waals surface area contributed by atoms with Crippen LogP contribution in [0.2, 0.25) is 0 Å². The summed E-state index contributed by atoms with van der Waals surface area (Å²) in [7, 11) is 0. The molecule has 2 heterocycles. The van der Waals surface area contributed by atoms with Gasteiger partial charge in [0.05, 0.1) is 12.5 Å². The lowest BCUT2D eigenvalue weighted by Gasteiger charge is -2.25. The molecule has 0 bridgehead atoms. The highest BCUT2D eigenvalue weighted by molar-refractivity contribution is 5.77. The van der Waals surface area contributed by atoms with E-state index in [0.717, 1.165) is 39.0 Å². The van der Waals surface area contributed by atoms with Gasteiger partial charge in [-0.05, 0) is 38.5 Å². The van der Waals surface area contributed by atoms with Gasteiger partial charge in [0.2, 0.25) is 5.91 Å². The van der Waals surface area contributed by atoms with E-state index in [1.165, 1.54) is 6.42 Å². The Kier molecular flexibility index (Phi) is 4.40. The molecule has 3 unspecified atom stereocenters. The molecule has 2 rings (SSSR count). The summed E-state index contributed by atoms with van der Waals surface area (Å²) in [5.74, 6) is 0.728. The second kappa shape index (κ2) is 5.83. The molecule has 98 valence electrons. The van der Waals surface area contributed by atoms with Gasteiger partial charge in [0.15, 0.2) is 0 Å². The van der Waals surface area contributed by atoms with E-state index in [1.54, 1.807) is 0 Å². The number of amides is 1. The Bertz CT molecular complexity index is 262. The molecule has 2 N–H and O–H groups in total. The molecule has 0 aromatic carbocycles. The van der Waals surface area contributed by atoms with E-state index in [2.05, 4.69) is 0 Å².